The summed E-state index contributed by atoms with van der Waals surface area (Å²) in [7, 11) is 6.42. The third-order valence-corrected chi connectivity index (χ3v) is 6.29. The maximum absolute atomic E-state index is 12.6. The molecule has 1 aliphatic heterocycles. The van der Waals surface area contributed by atoms with Crippen LogP contribution in [0.3, 0.4) is 0 Å². The average Bonchev–Trinajstić information content (AvgIpc) is 3.20. The number of ether oxygens (including phenoxy) is 1. The molecule has 1 N–H and O–H groups in total. The van der Waals surface area contributed by atoms with Gasteiger partial charge in [0.15, 0.2) is 0 Å². The fraction of sp³-hybridized carbons (Fsp3) is 0.400. The monoisotopic (exact) mass is 460 g/mol. The lowest BCUT2D eigenvalue weighted by Gasteiger charge is -2.37. The van der Waals surface area contributed by atoms with E-state index in [2.05, 4.69) is 50.7 Å². The van der Waals surface area contributed by atoms with Gasteiger partial charge >= 0.3 is 5.97 Å². The number of fused-ring (bicyclic) bond motifs is 3. The van der Waals surface area contributed by atoms with Crippen LogP contribution in [0, 0.1) is 5.92 Å². The number of quaternary nitrogens is 1. The molecule has 2 aromatic carbocycles. The first-order valence-corrected chi connectivity index (χ1v) is 11.0. The third-order valence-electron chi connectivity index (χ3n) is 6.03. The first-order chi connectivity index (χ1) is 14.3. The van der Waals surface area contributed by atoms with Gasteiger partial charge in [-0.05, 0) is 53.8 Å². The van der Waals surface area contributed by atoms with Crippen LogP contribution >= 0.6 is 11.6 Å². The Kier molecular flexibility index (Phi) is 7.35. The van der Waals surface area contributed by atoms with Gasteiger partial charge in [-0.15, -0.1) is 0 Å². The zero-order chi connectivity index (χ0) is 21.3. The Morgan fingerprint density at radius 1 is 1.16 bits per heavy atom. The number of allylic oxidation sites excluding steroid dienone is 2. The maximum Gasteiger partial charge on any atom is 0.338 e. The minimum Gasteiger partial charge on any atom is -1.00 e. The van der Waals surface area contributed by atoms with Crippen LogP contribution < -0.4 is 17.7 Å². The van der Waals surface area contributed by atoms with Crippen LogP contribution in [0.2, 0.25) is 5.02 Å². The molecule has 0 bridgehead atoms. The van der Waals surface area contributed by atoms with Gasteiger partial charge in [-0.2, -0.15) is 0 Å². The van der Waals surface area contributed by atoms with E-state index in [1.165, 1.54) is 11.1 Å². The number of nitrogens with one attached hydrogen (secondary N) is 1. The zero-order valence-electron chi connectivity index (χ0n) is 18.3. The summed E-state index contributed by atoms with van der Waals surface area (Å²) >= 11 is 6.08. The summed E-state index contributed by atoms with van der Waals surface area (Å²) < 4.78 is 6.39. The molecule has 3 unspecified atom stereocenters. The molecule has 6 heteroatoms. The van der Waals surface area contributed by atoms with Gasteiger partial charge in [0.1, 0.15) is 0 Å². The van der Waals surface area contributed by atoms with Crippen molar-refractivity contribution in [2.24, 2.45) is 5.92 Å². The van der Waals surface area contributed by atoms with E-state index in [-0.39, 0.29) is 24.4 Å². The van der Waals surface area contributed by atoms with Gasteiger partial charge in [0.25, 0.3) is 0 Å². The quantitative estimate of drug-likeness (QED) is 0.311. The predicted octanol–water partition coefficient (Wildman–Crippen LogP) is 2.42. The topological polar surface area (TPSA) is 38.3 Å². The highest BCUT2D eigenvalue weighted by Crippen LogP contribution is 2.50. The summed E-state index contributed by atoms with van der Waals surface area (Å²) in [6.45, 7) is 1.43. The van der Waals surface area contributed by atoms with Crippen LogP contribution in [-0.4, -0.2) is 44.7 Å². The molecule has 4 nitrogen and oxygen atoms in total. The lowest BCUT2D eigenvalue weighted by atomic mass is 9.76. The van der Waals surface area contributed by atoms with Crippen molar-refractivity contribution in [3.05, 3.63) is 76.3 Å². The van der Waals surface area contributed by atoms with Gasteiger partial charge in [0.05, 0.1) is 45.9 Å². The maximum atomic E-state index is 12.6. The Balaban J connectivity index is 0.00000272. The van der Waals surface area contributed by atoms with Gasteiger partial charge in [-0.3, -0.25) is 0 Å². The lowest BCUT2D eigenvalue weighted by molar-refractivity contribution is -0.870. The second kappa shape index (κ2) is 9.64. The van der Waals surface area contributed by atoms with Crippen molar-refractivity contribution in [1.82, 2.24) is 0 Å². The minimum absolute atomic E-state index is 0. The molecule has 0 saturated carbocycles. The summed E-state index contributed by atoms with van der Waals surface area (Å²) in [6.07, 6.45) is 6.41. The molecule has 0 fully saturated rings. The van der Waals surface area contributed by atoms with E-state index in [9.17, 15) is 4.79 Å². The molecule has 2 aliphatic rings. The third kappa shape index (κ3) is 5.43. The molecule has 1 aliphatic carbocycles. The number of esters is 1. The summed E-state index contributed by atoms with van der Waals surface area (Å²) in [5.74, 6) is 0.486. The number of hydrogen-bond donors (Lipinski definition) is 1. The zero-order valence-corrected chi connectivity index (χ0v) is 19.8. The summed E-state index contributed by atoms with van der Waals surface area (Å²) in [6, 6.07) is 14.2. The Morgan fingerprint density at radius 3 is 2.61 bits per heavy atom. The molecule has 0 spiro atoms. The molecule has 166 valence electrons. The lowest BCUT2D eigenvalue weighted by Crippen LogP contribution is -3.00. The van der Waals surface area contributed by atoms with Crippen molar-refractivity contribution in [1.29, 1.82) is 0 Å². The van der Waals surface area contributed by atoms with Crippen LogP contribution in [0.4, 0.5) is 5.69 Å². The molecular weight excluding hydrogens is 431 g/mol. The molecule has 0 amide bonds. The summed E-state index contributed by atoms with van der Waals surface area (Å²) in [4.78, 5) is 12.6. The molecule has 0 aromatic heterocycles. The number of benzene rings is 2. The largest absolute Gasteiger partial charge is 1.00 e. The van der Waals surface area contributed by atoms with E-state index in [0.29, 0.717) is 24.0 Å². The highest BCUT2D eigenvalue weighted by atomic mass is 35.5. The normalized spacial score (nSPS) is 21.5. The number of rotatable bonds is 6. The number of halogens is 2. The second-order valence-corrected chi connectivity index (χ2v) is 9.77. The first-order valence-electron chi connectivity index (χ1n) is 10.6. The molecule has 0 saturated heterocycles. The predicted molar refractivity (Wildman–Crippen MR) is 122 cm³/mol. The Labute approximate surface area is 196 Å². The van der Waals surface area contributed by atoms with E-state index >= 15 is 0 Å². The fourth-order valence-electron chi connectivity index (χ4n) is 4.51. The number of carbonyl (C=O) groups excluding carboxylic acids is 1. The number of nitrogens with zero attached hydrogens (tertiary/aromatic N) is 1. The summed E-state index contributed by atoms with van der Waals surface area (Å²) in [5, 5.41) is 4.45. The van der Waals surface area contributed by atoms with Crippen molar-refractivity contribution < 1.29 is 26.4 Å². The Bertz CT molecular complexity index is 951. The van der Waals surface area contributed by atoms with Crippen molar-refractivity contribution in [3.63, 3.8) is 0 Å². The van der Waals surface area contributed by atoms with Crippen molar-refractivity contribution in [3.8, 4) is 0 Å². The molecule has 4 rings (SSSR count). The van der Waals surface area contributed by atoms with Crippen LogP contribution in [0.1, 0.15) is 46.3 Å². The van der Waals surface area contributed by atoms with E-state index < -0.39 is 0 Å². The minimum atomic E-state index is -0.238. The number of carbonyl (C=O) groups is 1. The van der Waals surface area contributed by atoms with Gasteiger partial charge in [0, 0.05) is 23.0 Å². The molecule has 0 radical (unpaired) electrons. The second-order valence-electron chi connectivity index (χ2n) is 9.33. The van der Waals surface area contributed by atoms with Crippen LogP contribution in [0.25, 0.3) is 0 Å². The smallest absolute Gasteiger partial charge is 0.338 e. The van der Waals surface area contributed by atoms with Crippen molar-refractivity contribution in [2.75, 3.05) is 39.6 Å². The SMILES string of the molecule is C[N+](C)(C)CCCOC(=O)c1ccc2c(c1)C1C=CCC1C(c1ccc(Cl)cc1)N2.[Cl-]. The van der Waals surface area contributed by atoms with Gasteiger partial charge in [-0.1, -0.05) is 35.9 Å². The van der Waals surface area contributed by atoms with Crippen LogP contribution in [0.5, 0.6) is 0 Å². The number of anilines is 1. The van der Waals surface area contributed by atoms with E-state index in [1.54, 1.807) is 0 Å². The van der Waals surface area contributed by atoms with Gasteiger partial charge in [0.2, 0.25) is 0 Å². The van der Waals surface area contributed by atoms with Gasteiger partial charge in [-0.25, -0.2) is 4.79 Å². The van der Waals surface area contributed by atoms with Gasteiger partial charge < -0.3 is 26.9 Å². The molecule has 3 atom stereocenters. The molecule has 1 heterocycles. The standard InChI is InChI=1S/C25H29ClN2O2.ClH/c1-28(2,3)14-5-15-30-25(29)18-10-13-23-22(16-18)20-6-4-7-21(20)24(27-23)17-8-11-19(26)12-9-17;/h4,6,8-13,16,20-21,24H,5,7,14-15H2,1-3H3;1H. The Morgan fingerprint density at radius 2 is 1.90 bits per heavy atom. The highest BCUT2D eigenvalue weighted by molar-refractivity contribution is 6.30. The van der Waals surface area contributed by atoms with E-state index in [1.807, 2.05) is 30.3 Å². The highest BCUT2D eigenvalue weighted by Gasteiger charge is 2.38. The first kappa shape index (κ1) is 23.6. The molecule has 2 aromatic rings. The fourth-order valence-corrected chi connectivity index (χ4v) is 4.63. The molecular formula is C25H30Cl2N2O2. The van der Waals surface area contributed by atoms with E-state index in [4.69, 9.17) is 16.3 Å². The average molecular weight is 461 g/mol. The van der Waals surface area contributed by atoms with Crippen molar-refractivity contribution >= 4 is 23.3 Å². The molecule has 31 heavy (non-hydrogen) atoms. The van der Waals surface area contributed by atoms with E-state index in [0.717, 1.165) is 34.6 Å². The number of hydrogen-bond acceptors (Lipinski definition) is 3. The summed E-state index contributed by atoms with van der Waals surface area (Å²) in [5.41, 5.74) is 4.14. The van der Waals surface area contributed by atoms with Crippen LogP contribution in [0.15, 0.2) is 54.6 Å². The Hall–Kier alpha value is -2.01. The van der Waals surface area contributed by atoms with Crippen LogP contribution in [-0.2, 0) is 4.74 Å². The van der Waals surface area contributed by atoms with Crippen molar-refractivity contribution in [2.45, 2.75) is 24.8 Å².